The minimum absolute atomic E-state index is 0.0501. The highest BCUT2D eigenvalue weighted by Crippen LogP contribution is 2.37. The number of carbonyl (C=O) groups excluding carboxylic acids is 1. The third-order valence-electron chi connectivity index (χ3n) is 3.54. The Labute approximate surface area is 118 Å². The molecule has 1 aromatic rings. The highest BCUT2D eigenvalue weighted by molar-refractivity contribution is 5.94. The van der Waals surface area contributed by atoms with Crippen molar-refractivity contribution in [3.63, 3.8) is 0 Å². The van der Waals surface area contributed by atoms with Crippen molar-refractivity contribution in [3.8, 4) is 5.75 Å². The van der Waals surface area contributed by atoms with Gasteiger partial charge < -0.3 is 10.4 Å². The number of amides is 1. The molecule has 8 heteroatoms. The van der Waals surface area contributed by atoms with E-state index in [9.17, 15) is 28.8 Å². The Bertz CT molecular complexity index is 567. The Morgan fingerprint density at radius 3 is 2.57 bits per heavy atom. The van der Waals surface area contributed by atoms with Gasteiger partial charge in [-0.05, 0) is 18.9 Å². The lowest BCUT2D eigenvalue weighted by Crippen LogP contribution is -2.31. The second kappa shape index (κ2) is 5.63. The summed E-state index contributed by atoms with van der Waals surface area (Å²) in [5, 5.41) is 22.6. The van der Waals surface area contributed by atoms with Crippen molar-refractivity contribution >= 4 is 17.3 Å². The molecule has 1 saturated carbocycles. The number of phenols is 1. The fraction of sp³-hybridized carbons (Fsp3) is 0.462. The number of nitro groups is 1. The Kier molecular flexibility index (Phi) is 4.06. The average Bonchev–Trinajstić information content (AvgIpc) is 2.40. The van der Waals surface area contributed by atoms with Crippen LogP contribution in [0.4, 0.5) is 20.2 Å². The molecule has 2 rings (SSSR count). The number of hydrogen-bond acceptors (Lipinski definition) is 4. The van der Waals surface area contributed by atoms with Gasteiger partial charge in [-0.1, -0.05) is 0 Å². The SMILES string of the molecule is O=C(Nc1cc([N+](=O)[O-])ccc1O)C1CCC(F)(F)CC1. The lowest BCUT2D eigenvalue weighted by atomic mass is 9.86. The van der Waals surface area contributed by atoms with Gasteiger partial charge in [-0.25, -0.2) is 8.78 Å². The van der Waals surface area contributed by atoms with Gasteiger partial charge >= 0.3 is 0 Å². The van der Waals surface area contributed by atoms with Crippen LogP contribution in [-0.2, 0) is 4.79 Å². The number of halogens is 2. The van der Waals surface area contributed by atoms with Crippen LogP contribution in [0, 0.1) is 16.0 Å². The van der Waals surface area contributed by atoms with E-state index in [-0.39, 0.29) is 42.8 Å². The number of alkyl halides is 2. The van der Waals surface area contributed by atoms with Gasteiger partial charge in [0, 0.05) is 30.9 Å². The van der Waals surface area contributed by atoms with Crippen molar-refractivity contribution in [1.82, 2.24) is 0 Å². The van der Waals surface area contributed by atoms with Gasteiger partial charge in [0.25, 0.3) is 5.69 Å². The first-order valence-corrected chi connectivity index (χ1v) is 6.44. The minimum Gasteiger partial charge on any atom is -0.506 e. The van der Waals surface area contributed by atoms with Crippen LogP contribution < -0.4 is 5.32 Å². The number of non-ortho nitro benzene ring substituents is 1. The molecular formula is C13H14F2N2O4. The predicted molar refractivity (Wildman–Crippen MR) is 70.3 cm³/mol. The van der Waals surface area contributed by atoms with Crippen molar-refractivity contribution in [2.45, 2.75) is 31.6 Å². The highest BCUT2D eigenvalue weighted by Gasteiger charge is 2.37. The molecule has 2 N–H and O–H groups in total. The van der Waals surface area contributed by atoms with E-state index in [2.05, 4.69) is 5.32 Å². The van der Waals surface area contributed by atoms with Gasteiger partial charge in [-0.15, -0.1) is 0 Å². The normalized spacial score (nSPS) is 18.2. The number of nitrogens with zero attached hydrogens (tertiary/aromatic N) is 1. The van der Waals surface area contributed by atoms with Crippen LogP contribution in [0.2, 0.25) is 0 Å². The summed E-state index contributed by atoms with van der Waals surface area (Å²) >= 11 is 0. The molecule has 0 aromatic heterocycles. The standard InChI is InChI=1S/C13H14F2N2O4/c14-13(15)5-3-8(4-6-13)12(19)16-10-7-9(17(20)21)1-2-11(10)18/h1-2,7-8,18H,3-6H2,(H,16,19). The Morgan fingerprint density at radius 2 is 2.00 bits per heavy atom. The first-order valence-electron chi connectivity index (χ1n) is 6.44. The van der Waals surface area contributed by atoms with Gasteiger partial charge in [0.2, 0.25) is 11.8 Å². The topological polar surface area (TPSA) is 92.5 Å². The number of aromatic hydroxyl groups is 1. The number of rotatable bonds is 3. The van der Waals surface area contributed by atoms with Crippen molar-refractivity contribution in [1.29, 1.82) is 0 Å². The maximum atomic E-state index is 13.0. The third kappa shape index (κ3) is 3.65. The molecule has 1 fully saturated rings. The number of carbonyl (C=O) groups is 1. The van der Waals surface area contributed by atoms with Crippen molar-refractivity contribution in [2.24, 2.45) is 5.92 Å². The third-order valence-corrected chi connectivity index (χ3v) is 3.54. The molecule has 21 heavy (non-hydrogen) atoms. The first-order chi connectivity index (χ1) is 9.78. The van der Waals surface area contributed by atoms with Crippen molar-refractivity contribution < 1.29 is 23.6 Å². The molecule has 0 saturated heterocycles. The van der Waals surface area contributed by atoms with Crippen LogP contribution >= 0.6 is 0 Å². The molecule has 0 aliphatic heterocycles. The molecule has 1 amide bonds. The van der Waals surface area contributed by atoms with E-state index in [4.69, 9.17) is 0 Å². The molecule has 0 bridgehead atoms. The summed E-state index contributed by atoms with van der Waals surface area (Å²) in [5.41, 5.74) is -0.371. The average molecular weight is 300 g/mol. The molecule has 114 valence electrons. The van der Waals surface area contributed by atoms with E-state index >= 15 is 0 Å². The van der Waals surface area contributed by atoms with Crippen molar-refractivity contribution in [2.75, 3.05) is 5.32 Å². The molecule has 0 unspecified atom stereocenters. The Balaban J connectivity index is 2.06. The molecular weight excluding hydrogens is 286 g/mol. The quantitative estimate of drug-likeness (QED) is 0.509. The lowest BCUT2D eigenvalue weighted by Gasteiger charge is -2.27. The number of nitro benzene ring substituents is 1. The van der Waals surface area contributed by atoms with E-state index < -0.39 is 22.7 Å². The zero-order chi connectivity index (χ0) is 15.6. The molecule has 0 heterocycles. The van der Waals surface area contributed by atoms with Gasteiger partial charge in [0.1, 0.15) is 5.75 Å². The van der Waals surface area contributed by atoms with Crippen molar-refractivity contribution in [3.05, 3.63) is 28.3 Å². The van der Waals surface area contributed by atoms with E-state index in [1.54, 1.807) is 0 Å². The maximum absolute atomic E-state index is 13.0. The zero-order valence-corrected chi connectivity index (χ0v) is 11.0. The molecule has 1 aliphatic rings. The second-order valence-corrected chi connectivity index (χ2v) is 5.08. The summed E-state index contributed by atoms with van der Waals surface area (Å²) in [5.74, 6) is -4.13. The summed E-state index contributed by atoms with van der Waals surface area (Å²) in [6.07, 6.45) is -0.610. The van der Waals surface area contributed by atoms with E-state index in [0.717, 1.165) is 18.2 Å². The van der Waals surface area contributed by atoms with Gasteiger partial charge in [0.15, 0.2) is 0 Å². The maximum Gasteiger partial charge on any atom is 0.271 e. The van der Waals surface area contributed by atoms with Crippen LogP contribution in [0.15, 0.2) is 18.2 Å². The largest absolute Gasteiger partial charge is 0.506 e. The van der Waals surface area contributed by atoms with Gasteiger partial charge in [0.05, 0.1) is 10.6 Å². The summed E-state index contributed by atoms with van der Waals surface area (Å²) in [4.78, 5) is 22.0. The molecule has 0 radical (unpaired) electrons. The minimum atomic E-state index is -2.73. The molecule has 1 aliphatic carbocycles. The summed E-state index contributed by atoms with van der Waals surface area (Å²) in [6, 6.07) is 3.24. The fourth-order valence-corrected chi connectivity index (χ4v) is 2.27. The number of benzene rings is 1. The Morgan fingerprint density at radius 1 is 1.38 bits per heavy atom. The second-order valence-electron chi connectivity index (χ2n) is 5.08. The van der Waals surface area contributed by atoms with Crippen LogP contribution in [0.5, 0.6) is 5.75 Å². The smallest absolute Gasteiger partial charge is 0.271 e. The number of anilines is 1. The first kappa shape index (κ1) is 15.1. The summed E-state index contributed by atoms with van der Waals surface area (Å²) in [6.45, 7) is 0. The fourth-order valence-electron chi connectivity index (χ4n) is 2.27. The van der Waals surface area contributed by atoms with Crippen LogP contribution in [0.1, 0.15) is 25.7 Å². The van der Waals surface area contributed by atoms with Gasteiger partial charge in [-0.3, -0.25) is 14.9 Å². The van der Waals surface area contributed by atoms with E-state index in [1.165, 1.54) is 0 Å². The number of hydrogen-bond donors (Lipinski definition) is 2. The van der Waals surface area contributed by atoms with Crippen LogP contribution in [0.25, 0.3) is 0 Å². The van der Waals surface area contributed by atoms with E-state index in [1.807, 2.05) is 0 Å². The molecule has 0 spiro atoms. The molecule has 0 atom stereocenters. The Hall–Kier alpha value is -2.25. The van der Waals surface area contributed by atoms with Gasteiger partial charge in [-0.2, -0.15) is 0 Å². The number of nitrogens with one attached hydrogen (secondary N) is 1. The predicted octanol–water partition coefficient (Wildman–Crippen LogP) is 3.06. The summed E-state index contributed by atoms with van der Waals surface area (Å²) in [7, 11) is 0. The lowest BCUT2D eigenvalue weighted by molar-refractivity contribution is -0.384. The highest BCUT2D eigenvalue weighted by atomic mass is 19.3. The van der Waals surface area contributed by atoms with Crippen LogP contribution in [-0.4, -0.2) is 21.9 Å². The summed E-state index contributed by atoms with van der Waals surface area (Å²) < 4.78 is 26.1. The van der Waals surface area contributed by atoms with Crippen LogP contribution in [0.3, 0.4) is 0 Å². The van der Waals surface area contributed by atoms with E-state index in [0.29, 0.717) is 0 Å². The molecule has 1 aromatic carbocycles. The zero-order valence-electron chi connectivity index (χ0n) is 11.0. The molecule has 6 nitrogen and oxygen atoms in total. The monoisotopic (exact) mass is 300 g/mol. The number of phenolic OH excluding ortho intramolecular Hbond substituents is 1.